The highest BCUT2D eigenvalue weighted by atomic mass is 15.2. The van der Waals surface area contributed by atoms with Crippen LogP contribution in [0, 0.1) is 0 Å². The standard InChI is InChI=1S/C16H24N2/c1-2-17-15-7-4-10-18(12-15)16-9-8-13-5-3-6-14(13)11-16/h8-9,11,15,17H,2-7,10,12H2,1H3. The van der Waals surface area contributed by atoms with Gasteiger partial charge in [-0.25, -0.2) is 0 Å². The number of hydrogen-bond acceptors (Lipinski definition) is 2. The summed E-state index contributed by atoms with van der Waals surface area (Å²) in [7, 11) is 0. The van der Waals surface area contributed by atoms with Gasteiger partial charge in [0.1, 0.15) is 0 Å². The van der Waals surface area contributed by atoms with Gasteiger partial charge in [-0.05, 0) is 61.9 Å². The summed E-state index contributed by atoms with van der Waals surface area (Å²) in [6, 6.07) is 7.81. The Morgan fingerprint density at radius 2 is 2.11 bits per heavy atom. The number of hydrogen-bond donors (Lipinski definition) is 1. The zero-order chi connectivity index (χ0) is 12.4. The highest BCUT2D eigenvalue weighted by molar-refractivity contribution is 5.52. The maximum Gasteiger partial charge on any atom is 0.0369 e. The van der Waals surface area contributed by atoms with Crippen LogP contribution in [0.3, 0.4) is 0 Å². The van der Waals surface area contributed by atoms with Crippen LogP contribution < -0.4 is 10.2 Å². The maximum absolute atomic E-state index is 3.59. The van der Waals surface area contributed by atoms with Crippen molar-refractivity contribution in [3.8, 4) is 0 Å². The molecule has 18 heavy (non-hydrogen) atoms. The number of nitrogens with zero attached hydrogens (tertiary/aromatic N) is 1. The summed E-state index contributed by atoms with van der Waals surface area (Å²) in [5.41, 5.74) is 4.62. The molecule has 1 N–H and O–H groups in total. The van der Waals surface area contributed by atoms with Crippen LogP contribution in [0.25, 0.3) is 0 Å². The van der Waals surface area contributed by atoms with E-state index >= 15 is 0 Å². The molecule has 1 saturated heterocycles. The highest BCUT2D eigenvalue weighted by Crippen LogP contribution is 2.28. The van der Waals surface area contributed by atoms with Crippen molar-refractivity contribution in [2.75, 3.05) is 24.5 Å². The van der Waals surface area contributed by atoms with Crippen molar-refractivity contribution in [1.29, 1.82) is 0 Å². The van der Waals surface area contributed by atoms with Crippen molar-refractivity contribution in [3.05, 3.63) is 29.3 Å². The Balaban J connectivity index is 1.73. The molecule has 1 aliphatic heterocycles. The number of nitrogens with one attached hydrogen (secondary N) is 1. The van der Waals surface area contributed by atoms with E-state index in [2.05, 4.69) is 35.3 Å². The Morgan fingerprint density at radius 1 is 1.22 bits per heavy atom. The Hall–Kier alpha value is -1.02. The fourth-order valence-corrected chi connectivity index (χ4v) is 3.42. The van der Waals surface area contributed by atoms with Gasteiger partial charge in [0, 0.05) is 24.8 Å². The number of aryl methyl sites for hydroxylation is 2. The third-order valence-electron chi connectivity index (χ3n) is 4.36. The first kappa shape index (κ1) is 12.0. The Labute approximate surface area is 110 Å². The normalized spacial score (nSPS) is 23.2. The molecule has 1 unspecified atom stereocenters. The molecule has 1 aliphatic carbocycles. The largest absolute Gasteiger partial charge is 0.370 e. The van der Waals surface area contributed by atoms with Crippen LogP contribution in [-0.4, -0.2) is 25.7 Å². The zero-order valence-corrected chi connectivity index (χ0v) is 11.4. The highest BCUT2D eigenvalue weighted by Gasteiger charge is 2.20. The molecule has 0 saturated carbocycles. The Kier molecular flexibility index (Phi) is 3.55. The molecule has 1 atom stereocenters. The van der Waals surface area contributed by atoms with E-state index in [0.29, 0.717) is 6.04 Å². The van der Waals surface area contributed by atoms with Crippen LogP contribution in [0.1, 0.15) is 37.3 Å². The first-order valence-corrected chi connectivity index (χ1v) is 7.47. The molecule has 2 aliphatic rings. The predicted octanol–water partition coefficient (Wildman–Crippen LogP) is 2.75. The molecule has 1 heterocycles. The van der Waals surface area contributed by atoms with Crippen LogP contribution in [0.15, 0.2) is 18.2 Å². The zero-order valence-electron chi connectivity index (χ0n) is 11.4. The van der Waals surface area contributed by atoms with Gasteiger partial charge in [0.15, 0.2) is 0 Å². The lowest BCUT2D eigenvalue weighted by Gasteiger charge is -2.35. The summed E-state index contributed by atoms with van der Waals surface area (Å²) in [5.74, 6) is 0. The molecular formula is C16H24N2. The van der Waals surface area contributed by atoms with Crippen molar-refractivity contribution in [2.45, 2.75) is 45.1 Å². The molecular weight excluding hydrogens is 220 g/mol. The number of anilines is 1. The van der Waals surface area contributed by atoms with Crippen LogP contribution in [-0.2, 0) is 12.8 Å². The summed E-state index contributed by atoms with van der Waals surface area (Å²) in [6.07, 6.45) is 6.56. The van der Waals surface area contributed by atoms with Crippen molar-refractivity contribution in [3.63, 3.8) is 0 Å². The summed E-state index contributed by atoms with van der Waals surface area (Å²) in [5, 5.41) is 3.59. The van der Waals surface area contributed by atoms with Gasteiger partial charge >= 0.3 is 0 Å². The summed E-state index contributed by atoms with van der Waals surface area (Å²) in [4.78, 5) is 2.56. The lowest BCUT2D eigenvalue weighted by Crippen LogP contribution is -2.45. The predicted molar refractivity (Wildman–Crippen MR) is 77.4 cm³/mol. The minimum absolute atomic E-state index is 0.678. The average Bonchev–Trinajstić information content (AvgIpc) is 2.86. The monoisotopic (exact) mass is 244 g/mol. The summed E-state index contributed by atoms with van der Waals surface area (Å²) >= 11 is 0. The van der Waals surface area contributed by atoms with E-state index in [1.165, 1.54) is 50.9 Å². The molecule has 3 rings (SSSR count). The van der Waals surface area contributed by atoms with E-state index in [4.69, 9.17) is 0 Å². The molecule has 1 aromatic carbocycles. The number of fused-ring (bicyclic) bond motifs is 1. The third kappa shape index (κ3) is 2.39. The number of piperidine rings is 1. The van der Waals surface area contributed by atoms with Crippen molar-refractivity contribution in [2.24, 2.45) is 0 Å². The van der Waals surface area contributed by atoms with E-state index in [1.807, 2.05) is 0 Å². The number of rotatable bonds is 3. The topological polar surface area (TPSA) is 15.3 Å². The summed E-state index contributed by atoms with van der Waals surface area (Å²) < 4.78 is 0. The van der Waals surface area contributed by atoms with Crippen LogP contribution >= 0.6 is 0 Å². The minimum Gasteiger partial charge on any atom is -0.370 e. The number of likely N-dealkylation sites (N-methyl/N-ethyl adjacent to an activating group) is 1. The van der Waals surface area contributed by atoms with Gasteiger partial charge in [-0.2, -0.15) is 0 Å². The molecule has 0 bridgehead atoms. The molecule has 1 fully saturated rings. The van der Waals surface area contributed by atoms with Gasteiger partial charge in [0.2, 0.25) is 0 Å². The minimum atomic E-state index is 0.678. The molecule has 0 radical (unpaired) electrons. The van der Waals surface area contributed by atoms with Gasteiger partial charge in [0.05, 0.1) is 0 Å². The van der Waals surface area contributed by atoms with Gasteiger partial charge < -0.3 is 10.2 Å². The fraction of sp³-hybridized carbons (Fsp3) is 0.625. The van der Waals surface area contributed by atoms with Gasteiger partial charge in [0.25, 0.3) is 0 Å². The Bertz CT molecular complexity index is 412. The van der Waals surface area contributed by atoms with Gasteiger partial charge in [-0.3, -0.25) is 0 Å². The first-order chi connectivity index (χ1) is 8.86. The molecule has 1 aromatic rings. The van der Waals surface area contributed by atoms with Gasteiger partial charge in [-0.1, -0.05) is 13.0 Å². The maximum atomic E-state index is 3.59. The van der Waals surface area contributed by atoms with Crippen molar-refractivity contribution < 1.29 is 0 Å². The van der Waals surface area contributed by atoms with E-state index < -0.39 is 0 Å². The fourth-order valence-electron chi connectivity index (χ4n) is 3.42. The SMILES string of the molecule is CCNC1CCCN(c2ccc3c(c2)CCC3)C1. The molecule has 0 amide bonds. The number of benzene rings is 1. The van der Waals surface area contributed by atoms with Crippen molar-refractivity contribution >= 4 is 5.69 Å². The first-order valence-electron chi connectivity index (χ1n) is 7.47. The Morgan fingerprint density at radius 3 is 3.00 bits per heavy atom. The summed E-state index contributed by atoms with van der Waals surface area (Å²) in [6.45, 7) is 5.68. The molecule has 2 heteroatoms. The van der Waals surface area contributed by atoms with Gasteiger partial charge in [-0.15, -0.1) is 0 Å². The lowest BCUT2D eigenvalue weighted by atomic mass is 10.0. The van der Waals surface area contributed by atoms with Crippen LogP contribution in [0.5, 0.6) is 0 Å². The molecule has 2 nitrogen and oxygen atoms in total. The smallest absolute Gasteiger partial charge is 0.0369 e. The lowest BCUT2D eigenvalue weighted by molar-refractivity contribution is 0.431. The second-order valence-corrected chi connectivity index (χ2v) is 5.65. The molecule has 0 spiro atoms. The van der Waals surface area contributed by atoms with Crippen LogP contribution in [0.2, 0.25) is 0 Å². The quantitative estimate of drug-likeness (QED) is 0.879. The van der Waals surface area contributed by atoms with E-state index in [0.717, 1.165) is 6.54 Å². The van der Waals surface area contributed by atoms with E-state index in [-0.39, 0.29) is 0 Å². The van der Waals surface area contributed by atoms with Crippen LogP contribution in [0.4, 0.5) is 5.69 Å². The van der Waals surface area contributed by atoms with Crippen molar-refractivity contribution in [1.82, 2.24) is 5.32 Å². The van der Waals surface area contributed by atoms with E-state index in [9.17, 15) is 0 Å². The third-order valence-corrected chi connectivity index (χ3v) is 4.36. The second-order valence-electron chi connectivity index (χ2n) is 5.65. The molecule has 0 aromatic heterocycles. The average molecular weight is 244 g/mol. The van der Waals surface area contributed by atoms with E-state index in [1.54, 1.807) is 11.1 Å². The second kappa shape index (κ2) is 5.31. The molecule has 98 valence electrons.